The van der Waals surface area contributed by atoms with E-state index < -0.39 is 0 Å². The minimum Gasteiger partial charge on any atom is -0.330 e. The first-order valence-corrected chi connectivity index (χ1v) is 13.5. The van der Waals surface area contributed by atoms with Crippen molar-refractivity contribution in [2.24, 2.45) is 0 Å². The maximum absolute atomic E-state index is 14.3. The van der Waals surface area contributed by atoms with Gasteiger partial charge in [0.05, 0.1) is 6.04 Å². The van der Waals surface area contributed by atoms with Crippen LogP contribution in [0, 0.1) is 0 Å². The Labute approximate surface area is 226 Å². The van der Waals surface area contributed by atoms with E-state index in [1.165, 1.54) is 21.9 Å². The van der Waals surface area contributed by atoms with Crippen molar-refractivity contribution in [1.82, 2.24) is 14.7 Å². The molecule has 1 amide bonds. The van der Waals surface area contributed by atoms with Gasteiger partial charge in [0.25, 0.3) is 0 Å². The van der Waals surface area contributed by atoms with Crippen LogP contribution in [0.5, 0.6) is 0 Å². The first kappa shape index (κ1) is 25.9. The summed E-state index contributed by atoms with van der Waals surface area (Å²) in [6, 6.07) is 35.6. The number of fused-ring (bicyclic) bond motifs is 1. The summed E-state index contributed by atoms with van der Waals surface area (Å²) in [5.74, 6) is 0.167. The van der Waals surface area contributed by atoms with Crippen LogP contribution in [-0.2, 0) is 24.3 Å². The molecule has 4 aromatic carbocycles. The fourth-order valence-corrected chi connectivity index (χ4v) is 5.44. The van der Waals surface area contributed by atoms with Crippen molar-refractivity contribution in [2.75, 3.05) is 26.7 Å². The van der Waals surface area contributed by atoms with Crippen LogP contribution in [0.3, 0.4) is 0 Å². The van der Waals surface area contributed by atoms with Gasteiger partial charge in [-0.1, -0.05) is 103 Å². The number of hydrogen-bond donors (Lipinski definition) is 0. The molecule has 1 aliphatic rings. The second-order valence-corrected chi connectivity index (χ2v) is 10.4. The second kappa shape index (κ2) is 12.2. The molecule has 1 heterocycles. The molecule has 2 atom stereocenters. The molecule has 0 saturated carbocycles. The quantitative estimate of drug-likeness (QED) is 0.271. The van der Waals surface area contributed by atoms with E-state index in [0.717, 1.165) is 31.6 Å². The fourth-order valence-electron chi connectivity index (χ4n) is 5.44. The molecule has 0 aromatic heterocycles. The van der Waals surface area contributed by atoms with Gasteiger partial charge >= 0.3 is 0 Å². The molecule has 5 rings (SSSR count). The number of nitrogens with zero attached hydrogens (tertiary/aromatic N) is 3. The predicted molar refractivity (Wildman–Crippen MR) is 157 cm³/mol. The number of amides is 1. The van der Waals surface area contributed by atoms with Crippen LogP contribution < -0.4 is 0 Å². The van der Waals surface area contributed by atoms with Crippen LogP contribution in [0.25, 0.3) is 10.8 Å². The highest BCUT2D eigenvalue weighted by Crippen LogP contribution is 2.22. The molecule has 4 aromatic rings. The summed E-state index contributed by atoms with van der Waals surface area (Å²) in [5.41, 5.74) is 3.62. The molecule has 0 bridgehead atoms. The van der Waals surface area contributed by atoms with Crippen LogP contribution in [-0.4, -0.2) is 59.4 Å². The normalized spacial score (nSPS) is 17.2. The number of hydrogen-bond acceptors (Lipinski definition) is 3. The minimum atomic E-state index is -0.203. The molecular weight excluding hydrogens is 466 g/mol. The van der Waals surface area contributed by atoms with Gasteiger partial charge < -0.3 is 4.90 Å². The maximum Gasteiger partial charge on any atom is 0.242 e. The molecule has 0 spiro atoms. The molecule has 1 saturated heterocycles. The van der Waals surface area contributed by atoms with Crippen LogP contribution >= 0.6 is 0 Å². The van der Waals surface area contributed by atoms with E-state index in [0.29, 0.717) is 13.1 Å². The number of rotatable bonds is 9. The third kappa shape index (κ3) is 6.21. The first-order valence-electron chi connectivity index (χ1n) is 13.5. The largest absolute Gasteiger partial charge is 0.330 e. The summed E-state index contributed by atoms with van der Waals surface area (Å²) in [7, 11) is 2.08. The van der Waals surface area contributed by atoms with Gasteiger partial charge in [0.15, 0.2) is 0 Å². The van der Waals surface area contributed by atoms with Gasteiger partial charge in [-0.05, 0) is 47.0 Å². The zero-order valence-electron chi connectivity index (χ0n) is 22.2. The average Bonchev–Trinajstić information content (AvgIpc) is 2.96. The Kier molecular flexibility index (Phi) is 8.32. The number of carbonyl (C=O) groups is 1. The van der Waals surface area contributed by atoms with Gasteiger partial charge in [0, 0.05) is 32.7 Å². The Hall–Kier alpha value is -3.73. The molecule has 4 heteroatoms. The van der Waals surface area contributed by atoms with Crippen LogP contribution in [0.15, 0.2) is 116 Å². The number of benzene rings is 4. The summed E-state index contributed by atoms with van der Waals surface area (Å²) in [6.45, 7) is 8.07. The van der Waals surface area contributed by atoms with Crippen LogP contribution in [0.2, 0.25) is 0 Å². The fraction of sp³-hybridized carbons (Fsp3) is 0.265. The minimum absolute atomic E-state index is 0.0885. The Morgan fingerprint density at radius 1 is 0.868 bits per heavy atom. The van der Waals surface area contributed by atoms with Crippen molar-refractivity contribution in [3.63, 3.8) is 0 Å². The van der Waals surface area contributed by atoms with Gasteiger partial charge in [-0.25, -0.2) is 0 Å². The average molecular weight is 504 g/mol. The topological polar surface area (TPSA) is 26.8 Å². The Balaban J connectivity index is 1.36. The summed E-state index contributed by atoms with van der Waals surface area (Å²) in [5, 5.41) is 2.52. The zero-order chi connectivity index (χ0) is 26.3. The van der Waals surface area contributed by atoms with Gasteiger partial charge in [0.1, 0.15) is 6.04 Å². The lowest BCUT2D eigenvalue weighted by Crippen LogP contribution is -2.59. The third-order valence-corrected chi connectivity index (χ3v) is 7.68. The van der Waals surface area contributed by atoms with E-state index in [4.69, 9.17) is 0 Å². The van der Waals surface area contributed by atoms with Crippen molar-refractivity contribution >= 4 is 16.7 Å². The van der Waals surface area contributed by atoms with Crippen molar-refractivity contribution in [1.29, 1.82) is 0 Å². The Bertz CT molecular complexity index is 1350. The van der Waals surface area contributed by atoms with Crippen molar-refractivity contribution in [2.45, 2.75) is 31.6 Å². The lowest BCUT2D eigenvalue weighted by atomic mass is 10.0. The molecule has 2 unspecified atom stereocenters. The lowest BCUT2D eigenvalue weighted by molar-refractivity contribution is -0.141. The maximum atomic E-state index is 14.3. The SMILES string of the molecule is C=CC(Cc1ccccc1)N(Cc1ccccc1)C(=O)C1CN(Cc2ccc3ccccc3c2)CCN1C. The van der Waals surface area contributed by atoms with Crippen LogP contribution in [0.1, 0.15) is 16.7 Å². The van der Waals surface area contributed by atoms with E-state index in [1.54, 1.807) is 0 Å². The van der Waals surface area contributed by atoms with Gasteiger partial charge in [0.2, 0.25) is 5.91 Å². The summed E-state index contributed by atoms with van der Waals surface area (Å²) < 4.78 is 0. The molecule has 4 nitrogen and oxygen atoms in total. The predicted octanol–water partition coefficient (Wildman–Crippen LogP) is 5.78. The highest BCUT2D eigenvalue weighted by Gasteiger charge is 2.35. The summed E-state index contributed by atoms with van der Waals surface area (Å²) in [6.07, 6.45) is 2.68. The van der Waals surface area contributed by atoms with Crippen molar-refractivity contribution < 1.29 is 4.79 Å². The van der Waals surface area contributed by atoms with Crippen LogP contribution in [0.4, 0.5) is 0 Å². The van der Waals surface area contributed by atoms with E-state index in [1.807, 2.05) is 35.2 Å². The van der Waals surface area contributed by atoms with E-state index >= 15 is 0 Å². The number of likely N-dealkylation sites (N-methyl/N-ethyl adjacent to an activating group) is 1. The zero-order valence-corrected chi connectivity index (χ0v) is 22.2. The first-order chi connectivity index (χ1) is 18.6. The summed E-state index contributed by atoms with van der Waals surface area (Å²) >= 11 is 0. The standard InChI is InChI=1S/C34H37N3O/c1-3-32(23-27-12-6-4-7-13-27)37(25-28-14-8-5-9-15-28)34(38)33-26-36(21-20-35(33)2)24-29-18-19-30-16-10-11-17-31(30)22-29/h3-19,22,32-33H,1,20-21,23-26H2,2H3. The number of carbonyl (C=O) groups excluding carboxylic acids is 1. The molecule has 194 valence electrons. The Morgan fingerprint density at radius 2 is 1.53 bits per heavy atom. The second-order valence-electron chi connectivity index (χ2n) is 10.4. The molecule has 1 aliphatic heterocycles. The van der Waals surface area contributed by atoms with Gasteiger partial charge in [-0.15, -0.1) is 6.58 Å². The monoisotopic (exact) mass is 503 g/mol. The van der Waals surface area contributed by atoms with E-state index in [-0.39, 0.29) is 18.0 Å². The lowest BCUT2D eigenvalue weighted by Gasteiger charge is -2.42. The number of piperazine rings is 1. The Morgan fingerprint density at radius 3 is 2.24 bits per heavy atom. The highest BCUT2D eigenvalue weighted by atomic mass is 16.2. The molecule has 38 heavy (non-hydrogen) atoms. The highest BCUT2D eigenvalue weighted by molar-refractivity contribution is 5.83. The van der Waals surface area contributed by atoms with Crippen molar-refractivity contribution in [3.05, 3.63) is 132 Å². The van der Waals surface area contributed by atoms with Gasteiger partial charge in [-0.2, -0.15) is 0 Å². The van der Waals surface area contributed by atoms with E-state index in [9.17, 15) is 4.79 Å². The molecular formula is C34H37N3O. The van der Waals surface area contributed by atoms with Crippen molar-refractivity contribution in [3.8, 4) is 0 Å². The molecule has 1 fully saturated rings. The molecule has 0 N–H and O–H groups in total. The molecule has 0 aliphatic carbocycles. The summed E-state index contributed by atoms with van der Waals surface area (Å²) in [4.78, 5) is 21.0. The van der Waals surface area contributed by atoms with E-state index in [2.05, 4.69) is 102 Å². The third-order valence-electron chi connectivity index (χ3n) is 7.68. The van der Waals surface area contributed by atoms with Gasteiger partial charge in [-0.3, -0.25) is 14.6 Å². The molecule has 0 radical (unpaired) electrons. The smallest absolute Gasteiger partial charge is 0.242 e.